The van der Waals surface area contributed by atoms with Gasteiger partial charge in [0.15, 0.2) is 5.76 Å². The van der Waals surface area contributed by atoms with Crippen molar-refractivity contribution in [2.75, 3.05) is 0 Å². The summed E-state index contributed by atoms with van der Waals surface area (Å²) in [6.07, 6.45) is 1.69. The van der Waals surface area contributed by atoms with Crippen molar-refractivity contribution in [1.82, 2.24) is 4.98 Å². The van der Waals surface area contributed by atoms with Gasteiger partial charge in [-0.15, -0.1) is 11.3 Å². The Morgan fingerprint density at radius 3 is 2.95 bits per heavy atom. The van der Waals surface area contributed by atoms with Gasteiger partial charge in [0.2, 0.25) is 5.89 Å². The van der Waals surface area contributed by atoms with E-state index in [1.807, 2.05) is 48.7 Å². The monoisotopic (exact) mass is 303 g/mol. The molecular weight excluding hydrogens is 290 g/mol. The van der Waals surface area contributed by atoms with E-state index in [-0.39, 0.29) is 0 Å². The van der Waals surface area contributed by atoms with E-state index in [2.05, 4.69) is 4.98 Å². The van der Waals surface area contributed by atoms with Crippen LogP contribution in [0, 0.1) is 6.92 Å². The molecule has 0 saturated heterocycles. The third-order valence-electron chi connectivity index (χ3n) is 2.82. The van der Waals surface area contributed by atoms with E-state index in [0.29, 0.717) is 11.6 Å². The molecule has 1 aromatic carbocycles. The van der Waals surface area contributed by atoms with Gasteiger partial charge in [0.25, 0.3) is 0 Å². The number of hydrogen-bond acceptors (Lipinski definition) is 4. The first-order chi connectivity index (χ1) is 9.72. The van der Waals surface area contributed by atoms with Crippen molar-refractivity contribution in [3.8, 4) is 10.6 Å². The lowest BCUT2D eigenvalue weighted by atomic mass is 10.2. The highest BCUT2D eigenvalue weighted by Crippen LogP contribution is 2.26. The summed E-state index contributed by atoms with van der Waals surface area (Å²) in [5, 5.41) is 1.99. The lowest BCUT2D eigenvalue weighted by molar-refractivity contribution is 0.528. The lowest BCUT2D eigenvalue weighted by Crippen LogP contribution is -1.96. The molecule has 0 saturated carbocycles. The van der Waals surface area contributed by atoms with Crippen LogP contribution in [0.2, 0.25) is 0 Å². The second-order valence-electron chi connectivity index (χ2n) is 4.40. The van der Waals surface area contributed by atoms with Gasteiger partial charge in [0.05, 0.1) is 21.9 Å². The minimum atomic E-state index is -1.13. The van der Waals surface area contributed by atoms with Crippen LogP contribution in [0.25, 0.3) is 10.6 Å². The van der Waals surface area contributed by atoms with Crippen LogP contribution in [0.15, 0.2) is 57.3 Å². The van der Waals surface area contributed by atoms with Gasteiger partial charge in [-0.05, 0) is 36.1 Å². The lowest BCUT2D eigenvalue weighted by Gasteiger charge is -2.00. The first kappa shape index (κ1) is 13.3. The normalized spacial score (nSPS) is 12.4. The van der Waals surface area contributed by atoms with Crippen LogP contribution in [-0.4, -0.2) is 9.19 Å². The van der Waals surface area contributed by atoms with E-state index in [4.69, 9.17) is 4.42 Å². The number of nitrogens with zero attached hydrogens (tertiary/aromatic N) is 1. The second kappa shape index (κ2) is 5.73. The summed E-state index contributed by atoms with van der Waals surface area (Å²) >= 11 is 1.60. The summed E-state index contributed by atoms with van der Waals surface area (Å²) in [6.45, 7) is 1.99. The van der Waals surface area contributed by atoms with Crippen LogP contribution in [0.5, 0.6) is 0 Å². The molecule has 0 amide bonds. The molecule has 0 aliphatic carbocycles. The van der Waals surface area contributed by atoms with Crippen LogP contribution in [0.4, 0.5) is 0 Å². The Bertz CT molecular complexity index is 732. The van der Waals surface area contributed by atoms with Crippen LogP contribution in [-0.2, 0) is 16.6 Å². The molecule has 0 bridgehead atoms. The Morgan fingerprint density at radius 1 is 1.30 bits per heavy atom. The molecule has 2 aromatic heterocycles. The van der Waals surface area contributed by atoms with Gasteiger partial charge in [0, 0.05) is 4.90 Å². The van der Waals surface area contributed by atoms with E-state index >= 15 is 0 Å². The van der Waals surface area contributed by atoms with Crippen molar-refractivity contribution in [3.05, 3.63) is 59.4 Å². The first-order valence-corrected chi connectivity index (χ1v) is 8.36. The molecule has 0 aliphatic heterocycles. The fourth-order valence-electron chi connectivity index (χ4n) is 1.86. The largest absolute Gasteiger partial charge is 0.439 e. The molecule has 0 N–H and O–H groups in total. The molecule has 0 radical (unpaired) electrons. The Balaban J connectivity index is 1.77. The summed E-state index contributed by atoms with van der Waals surface area (Å²) in [5.41, 5.74) is 1.10. The van der Waals surface area contributed by atoms with Gasteiger partial charge in [-0.2, -0.15) is 0 Å². The zero-order valence-corrected chi connectivity index (χ0v) is 12.5. The smallest absolute Gasteiger partial charge is 0.207 e. The predicted octanol–water partition coefficient (Wildman–Crippen LogP) is 4.02. The first-order valence-electron chi connectivity index (χ1n) is 6.16. The van der Waals surface area contributed by atoms with Crippen molar-refractivity contribution < 1.29 is 8.63 Å². The number of aromatic nitrogens is 1. The number of aryl methyl sites for hydroxylation is 1. The highest BCUT2D eigenvalue weighted by Gasteiger charge is 2.12. The van der Waals surface area contributed by atoms with Gasteiger partial charge in [-0.1, -0.05) is 18.2 Å². The zero-order valence-electron chi connectivity index (χ0n) is 10.9. The minimum absolute atomic E-state index is 0.300. The molecule has 0 spiro atoms. The number of rotatable bonds is 4. The van der Waals surface area contributed by atoms with Gasteiger partial charge in [0.1, 0.15) is 5.75 Å². The average Bonchev–Trinajstić information content (AvgIpc) is 3.08. The van der Waals surface area contributed by atoms with E-state index in [1.54, 1.807) is 17.5 Å². The standard InChI is InChI=1S/C15H13NO2S2/c1-11-4-2-5-12(8-11)20(17)10-15-16-9-13(18-15)14-6-3-7-19-14/h2-9H,10H2,1H3/t20-/m0/s1. The van der Waals surface area contributed by atoms with Crippen molar-refractivity contribution in [2.45, 2.75) is 17.6 Å². The fraction of sp³-hybridized carbons (Fsp3) is 0.133. The maximum absolute atomic E-state index is 12.3. The number of thiophene rings is 1. The number of benzene rings is 1. The number of hydrogen-bond donors (Lipinski definition) is 0. The van der Waals surface area contributed by atoms with Crippen LogP contribution < -0.4 is 0 Å². The molecule has 2 heterocycles. The Hall–Kier alpha value is -1.72. The van der Waals surface area contributed by atoms with Gasteiger partial charge < -0.3 is 4.42 Å². The molecule has 5 heteroatoms. The predicted molar refractivity (Wildman–Crippen MR) is 81.1 cm³/mol. The van der Waals surface area contributed by atoms with Crippen molar-refractivity contribution in [1.29, 1.82) is 0 Å². The molecule has 0 fully saturated rings. The Labute approximate surface area is 123 Å². The van der Waals surface area contributed by atoms with E-state index < -0.39 is 10.8 Å². The van der Waals surface area contributed by atoms with Gasteiger partial charge in [-0.25, -0.2) is 4.98 Å². The van der Waals surface area contributed by atoms with E-state index in [1.165, 1.54) is 0 Å². The Kier molecular flexibility index (Phi) is 3.80. The summed E-state index contributed by atoms with van der Waals surface area (Å²) in [5.74, 6) is 1.54. The molecule has 102 valence electrons. The molecule has 0 aliphatic rings. The maximum Gasteiger partial charge on any atom is 0.207 e. The van der Waals surface area contributed by atoms with Gasteiger partial charge in [-0.3, -0.25) is 4.21 Å². The second-order valence-corrected chi connectivity index (χ2v) is 6.80. The number of oxazole rings is 1. The van der Waals surface area contributed by atoms with Crippen LogP contribution >= 0.6 is 11.3 Å². The zero-order chi connectivity index (χ0) is 13.9. The summed E-state index contributed by atoms with van der Waals surface area (Å²) in [6, 6.07) is 11.6. The third-order valence-corrected chi connectivity index (χ3v) is 5.00. The third kappa shape index (κ3) is 2.89. The minimum Gasteiger partial charge on any atom is -0.439 e. The van der Waals surface area contributed by atoms with E-state index in [0.717, 1.165) is 21.1 Å². The maximum atomic E-state index is 12.3. The molecule has 3 nitrogen and oxygen atoms in total. The van der Waals surface area contributed by atoms with Crippen molar-refractivity contribution in [2.24, 2.45) is 0 Å². The van der Waals surface area contributed by atoms with Crippen molar-refractivity contribution in [3.63, 3.8) is 0 Å². The molecular formula is C15H13NO2S2. The highest BCUT2D eigenvalue weighted by atomic mass is 32.2. The molecule has 0 unspecified atom stereocenters. The topological polar surface area (TPSA) is 43.1 Å². The van der Waals surface area contributed by atoms with Gasteiger partial charge >= 0.3 is 0 Å². The van der Waals surface area contributed by atoms with Crippen molar-refractivity contribution >= 4 is 22.1 Å². The van der Waals surface area contributed by atoms with E-state index in [9.17, 15) is 4.21 Å². The van der Waals surface area contributed by atoms with Crippen LogP contribution in [0.3, 0.4) is 0 Å². The summed E-state index contributed by atoms with van der Waals surface area (Å²) in [4.78, 5) is 6.05. The highest BCUT2D eigenvalue weighted by molar-refractivity contribution is 7.84. The fourth-order valence-corrected chi connectivity index (χ4v) is 3.61. The SMILES string of the molecule is Cc1cccc([S@@](=O)Cc2ncc(-c3cccs3)o2)c1. The summed E-state index contributed by atoms with van der Waals surface area (Å²) in [7, 11) is -1.13. The quantitative estimate of drug-likeness (QED) is 0.731. The molecule has 20 heavy (non-hydrogen) atoms. The molecule has 1 atom stereocenters. The average molecular weight is 303 g/mol. The Morgan fingerprint density at radius 2 is 2.20 bits per heavy atom. The molecule has 3 rings (SSSR count). The summed E-state index contributed by atoms with van der Waals surface area (Å²) < 4.78 is 17.9. The van der Waals surface area contributed by atoms with Crippen LogP contribution in [0.1, 0.15) is 11.5 Å². The molecule has 3 aromatic rings.